The number of ether oxygens (including phenoxy) is 4. The number of nitrogens with zero attached hydrogens (tertiary/aromatic N) is 2. The summed E-state index contributed by atoms with van der Waals surface area (Å²) in [5, 5.41) is 17.5. The van der Waals surface area contributed by atoms with Crippen molar-refractivity contribution >= 4 is 35.4 Å². The predicted octanol–water partition coefficient (Wildman–Crippen LogP) is 4.86. The summed E-state index contributed by atoms with van der Waals surface area (Å²) in [5.41, 5.74) is 3.55. The van der Waals surface area contributed by atoms with Gasteiger partial charge in [0, 0.05) is 34.5 Å². The molecule has 4 rings (SSSR count). The summed E-state index contributed by atoms with van der Waals surface area (Å²) in [5.74, 6) is -0.695. The number of methoxy groups -OCH3 is 3. The van der Waals surface area contributed by atoms with Crippen molar-refractivity contribution in [1.82, 2.24) is 5.43 Å². The lowest BCUT2D eigenvalue weighted by molar-refractivity contribution is -0.384. The van der Waals surface area contributed by atoms with Crippen molar-refractivity contribution in [3.63, 3.8) is 0 Å². The highest BCUT2D eigenvalue weighted by atomic mass is 16.6. The Morgan fingerprint density at radius 2 is 1.43 bits per heavy atom. The van der Waals surface area contributed by atoms with E-state index in [9.17, 15) is 24.5 Å². The number of non-ortho nitro benzene ring substituents is 1. The standard InChI is InChI=1S/C31H26N4O9/c1-41-26-16-22(17-27(42-2)28(26)43-3)31(38)44-25-10-5-4-7-21(25)18-32-34-30(37)20-8-6-9-23(15-20)33-29(36)19-11-13-24(14-12-19)35(39)40/h4-18H,1-3H3,(H,33,36)(H,34,37). The molecule has 0 unspecified atom stereocenters. The Balaban J connectivity index is 1.42. The van der Waals surface area contributed by atoms with Crippen LogP contribution in [0.25, 0.3) is 0 Å². The molecule has 0 heterocycles. The molecule has 0 saturated carbocycles. The van der Waals surface area contributed by atoms with Crippen molar-refractivity contribution in [2.24, 2.45) is 5.10 Å². The highest BCUT2D eigenvalue weighted by Gasteiger charge is 2.19. The van der Waals surface area contributed by atoms with Crippen molar-refractivity contribution in [3.05, 3.63) is 117 Å². The zero-order valence-corrected chi connectivity index (χ0v) is 23.7. The highest BCUT2D eigenvalue weighted by molar-refractivity contribution is 6.05. The van der Waals surface area contributed by atoms with Crippen LogP contribution in [0, 0.1) is 10.1 Å². The van der Waals surface area contributed by atoms with Crippen molar-refractivity contribution in [2.75, 3.05) is 26.6 Å². The van der Waals surface area contributed by atoms with Gasteiger partial charge in [-0.15, -0.1) is 0 Å². The number of hydrazone groups is 1. The molecule has 0 saturated heterocycles. The van der Waals surface area contributed by atoms with Crippen molar-refractivity contribution in [2.45, 2.75) is 0 Å². The van der Waals surface area contributed by atoms with E-state index in [0.29, 0.717) is 17.0 Å². The summed E-state index contributed by atoms with van der Waals surface area (Å²) in [6, 6.07) is 20.7. The molecule has 0 fully saturated rings. The third kappa shape index (κ3) is 7.33. The Kier molecular flexibility index (Phi) is 9.84. The van der Waals surface area contributed by atoms with E-state index in [0.717, 1.165) is 0 Å². The Bertz CT molecular complexity index is 1710. The summed E-state index contributed by atoms with van der Waals surface area (Å²) in [6.07, 6.45) is 1.32. The smallest absolute Gasteiger partial charge is 0.343 e. The van der Waals surface area contributed by atoms with E-state index >= 15 is 0 Å². The Hall–Kier alpha value is -6.24. The zero-order valence-electron chi connectivity index (χ0n) is 23.7. The normalized spacial score (nSPS) is 10.5. The van der Waals surface area contributed by atoms with E-state index in [1.807, 2.05) is 0 Å². The lowest BCUT2D eigenvalue weighted by Gasteiger charge is -2.14. The molecule has 0 aliphatic heterocycles. The molecular weight excluding hydrogens is 572 g/mol. The minimum absolute atomic E-state index is 0.139. The van der Waals surface area contributed by atoms with E-state index < -0.39 is 22.7 Å². The third-order valence-electron chi connectivity index (χ3n) is 6.11. The van der Waals surface area contributed by atoms with Gasteiger partial charge < -0.3 is 24.3 Å². The van der Waals surface area contributed by atoms with Crippen molar-refractivity contribution in [1.29, 1.82) is 0 Å². The van der Waals surface area contributed by atoms with E-state index in [1.165, 1.54) is 76.1 Å². The largest absolute Gasteiger partial charge is 0.493 e. The fraction of sp³-hybridized carbons (Fsp3) is 0.0968. The topological polar surface area (TPSA) is 168 Å². The molecule has 44 heavy (non-hydrogen) atoms. The van der Waals surface area contributed by atoms with Gasteiger partial charge in [0.25, 0.3) is 17.5 Å². The average Bonchev–Trinajstić information content (AvgIpc) is 3.04. The number of nitro benzene ring substituents is 1. The first-order chi connectivity index (χ1) is 21.2. The molecule has 2 N–H and O–H groups in total. The third-order valence-corrected chi connectivity index (χ3v) is 6.11. The van der Waals surface area contributed by atoms with Crippen molar-refractivity contribution in [3.8, 4) is 23.0 Å². The molecule has 0 spiro atoms. The number of carbonyl (C=O) groups excluding carboxylic acids is 3. The van der Waals surface area contributed by atoms with Gasteiger partial charge in [0.1, 0.15) is 5.75 Å². The van der Waals surface area contributed by atoms with Gasteiger partial charge in [-0.05, 0) is 54.6 Å². The second-order valence-corrected chi connectivity index (χ2v) is 8.88. The van der Waals surface area contributed by atoms with E-state index in [2.05, 4.69) is 15.8 Å². The van der Waals surface area contributed by atoms with Gasteiger partial charge in [-0.25, -0.2) is 10.2 Å². The predicted molar refractivity (Wildman–Crippen MR) is 160 cm³/mol. The molecule has 0 aliphatic rings. The number of hydrogen-bond donors (Lipinski definition) is 2. The van der Waals surface area contributed by atoms with Gasteiger partial charge in [-0.3, -0.25) is 19.7 Å². The lowest BCUT2D eigenvalue weighted by Crippen LogP contribution is -2.18. The Morgan fingerprint density at radius 1 is 0.750 bits per heavy atom. The van der Waals surface area contributed by atoms with Crippen LogP contribution < -0.4 is 29.7 Å². The number of benzene rings is 4. The number of hydrogen-bond acceptors (Lipinski definition) is 10. The van der Waals surface area contributed by atoms with Crippen molar-refractivity contribution < 1.29 is 38.3 Å². The molecule has 4 aromatic rings. The van der Waals surface area contributed by atoms with Crippen LogP contribution in [-0.2, 0) is 0 Å². The summed E-state index contributed by atoms with van der Waals surface area (Å²) < 4.78 is 21.5. The lowest BCUT2D eigenvalue weighted by atomic mass is 10.1. The molecule has 0 atom stereocenters. The van der Waals surface area contributed by atoms with Crippen LogP contribution in [0.5, 0.6) is 23.0 Å². The first kappa shape index (κ1) is 30.7. The molecule has 0 bridgehead atoms. The van der Waals surface area contributed by atoms with E-state index in [1.54, 1.807) is 36.4 Å². The van der Waals surface area contributed by atoms with Gasteiger partial charge in [0.15, 0.2) is 11.5 Å². The van der Waals surface area contributed by atoms with Crippen LogP contribution >= 0.6 is 0 Å². The average molecular weight is 599 g/mol. The van der Waals surface area contributed by atoms with Crippen LogP contribution in [0.2, 0.25) is 0 Å². The number of nitro groups is 1. The SMILES string of the molecule is COc1cc(C(=O)Oc2ccccc2C=NNC(=O)c2cccc(NC(=O)c3ccc([N+](=O)[O-])cc3)c2)cc(OC)c1OC. The summed E-state index contributed by atoms with van der Waals surface area (Å²) in [6.45, 7) is 0. The number of para-hydroxylation sites is 1. The first-order valence-electron chi connectivity index (χ1n) is 12.8. The molecule has 13 heteroatoms. The van der Waals surface area contributed by atoms with Crippen LogP contribution in [0.4, 0.5) is 11.4 Å². The maximum Gasteiger partial charge on any atom is 0.343 e. The molecule has 224 valence electrons. The molecular formula is C31H26N4O9. The molecule has 0 aliphatic carbocycles. The van der Waals surface area contributed by atoms with Gasteiger partial charge >= 0.3 is 5.97 Å². The summed E-state index contributed by atoms with van der Waals surface area (Å²) in [4.78, 5) is 48.5. The first-order valence-corrected chi connectivity index (χ1v) is 12.8. The highest BCUT2D eigenvalue weighted by Crippen LogP contribution is 2.38. The molecule has 13 nitrogen and oxygen atoms in total. The minimum atomic E-state index is -0.693. The number of amides is 2. The second-order valence-electron chi connectivity index (χ2n) is 8.88. The van der Waals surface area contributed by atoms with Crippen LogP contribution in [0.3, 0.4) is 0 Å². The van der Waals surface area contributed by atoms with Gasteiger partial charge in [-0.1, -0.05) is 18.2 Å². The minimum Gasteiger partial charge on any atom is -0.493 e. The van der Waals surface area contributed by atoms with Gasteiger partial charge in [0.2, 0.25) is 5.75 Å². The van der Waals surface area contributed by atoms with E-state index in [4.69, 9.17) is 18.9 Å². The quantitative estimate of drug-likeness (QED) is 0.0806. The van der Waals surface area contributed by atoms with Crippen LogP contribution in [0.15, 0.2) is 90.0 Å². The Morgan fingerprint density at radius 3 is 2.07 bits per heavy atom. The zero-order chi connectivity index (χ0) is 31.6. The number of carbonyl (C=O) groups is 3. The maximum atomic E-state index is 13.0. The van der Waals surface area contributed by atoms with Gasteiger partial charge in [0.05, 0.1) is 38.0 Å². The number of esters is 1. The Labute approximate surface area is 251 Å². The maximum absolute atomic E-state index is 13.0. The van der Waals surface area contributed by atoms with E-state index in [-0.39, 0.29) is 39.6 Å². The fourth-order valence-electron chi connectivity index (χ4n) is 3.94. The summed E-state index contributed by atoms with van der Waals surface area (Å²) >= 11 is 0. The monoisotopic (exact) mass is 598 g/mol. The molecule has 4 aromatic carbocycles. The molecule has 0 radical (unpaired) electrons. The summed E-state index contributed by atoms with van der Waals surface area (Å²) in [7, 11) is 4.31. The fourth-order valence-corrected chi connectivity index (χ4v) is 3.94. The molecule has 0 aromatic heterocycles. The number of rotatable bonds is 11. The van der Waals surface area contributed by atoms with Crippen LogP contribution in [-0.4, -0.2) is 50.3 Å². The molecule has 2 amide bonds. The van der Waals surface area contributed by atoms with Gasteiger partial charge in [-0.2, -0.15) is 5.10 Å². The number of anilines is 1. The van der Waals surface area contributed by atoms with Crippen LogP contribution in [0.1, 0.15) is 36.6 Å². The number of nitrogens with one attached hydrogen (secondary N) is 2. The second kappa shape index (κ2) is 14.1.